The third-order valence-electron chi connectivity index (χ3n) is 1.66. The van der Waals surface area contributed by atoms with Crippen LogP contribution in [-0.2, 0) is 4.79 Å². The summed E-state index contributed by atoms with van der Waals surface area (Å²) >= 11 is 0. The van der Waals surface area contributed by atoms with Gasteiger partial charge in [0.1, 0.15) is 0 Å². The fraction of sp³-hybridized carbons (Fsp3) is 0.545. The summed E-state index contributed by atoms with van der Waals surface area (Å²) in [5.74, 6) is 0.648. The number of hydrogen-bond acceptors (Lipinski definition) is 1. The van der Waals surface area contributed by atoms with Gasteiger partial charge in [-0.3, -0.25) is 4.79 Å². The van der Waals surface area contributed by atoms with Gasteiger partial charge < -0.3 is 0 Å². The highest BCUT2D eigenvalue weighted by atomic mass is 16.1. The fourth-order valence-corrected chi connectivity index (χ4v) is 1.07. The Labute approximate surface area is 75.2 Å². The van der Waals surface area contributed by atoms with E-state index in [0.29, 0.717) is 12.3 Å². The summed E-state index contributed by atoms with van der Waals surface area (Å²) in [7, 11) is 0. The molecule has 0 amide bonds. The van der Waals surface area contributed by atoms with Gasteiger partial charge in [0.2, 0.25) is 0 Å². The number of allylic oxidation sites excluding steroid dienone is 4. The Bertz CT molecular complexity index is 197. The lowest BCUT2D eigenvalue weighted by Gasteiger charge is -2.10. The normalized spacial score (nSPS) is 15.4. The van der Waals surface area contributed by atoms with Crippen LogP contribution in [0, 0.1) is 5.92 Å². The Balaban J connectivity index is 0.000000561. The molecule has 1 aliphatic rings. The zero-order valence-electron chi connectivity index (χ0n) is 8.42. The van der Waals surface area contributed by atoms with Crippen molar-refractivity contribution in [3.63, 3.8) is 0 Å². The molecule has 1 heteroatoms. The molecule has 0 aliphatic heterocycles. The second kappa shape index (κ2) is 5.76. The van der Waals surface area contributed by atoms with Gasteiger partial charge in [-0.15, -0.1) is 0 Å². The maximum Gasteiger partial charge on any atom is 0.162 e. The third-order valence-corrected chi connectivity index (χ3v) is 1.66. The fourth-order valence-electron chi connectivity index (χ4n) is 1.07. The van der Waals surface area contributed by atoms with Gasteiger partial charge in [-0.1, -0.05) is 45.9 Å². The van der Waals surface area contributed by atoms with Crippen molar-refractivity contribution in [2.75, 3.05) is 0 Å². The Morgan fingerprint density at radius 2 is 1.92 bits per heavy atom. The number of carbonyl (C=O) groups excluding carboxylic acids is 1. The van der Waals surface area contributed by atoms with Crippen LogP contribution in [-0.4, -0.2) is 5.78 Å². The van der Waals surface area contributed by atoms with Crippen LogP contribution in [0.4, 0.5) is 0 Å². The average Bonchev–Trinajstić information content (AvgIpc) is 2.08. The van der Waals surface area contributed by atoms with Crippen molar-refractivity contribution in [1.29, 1.82) is 0 Å². The molecule has 1 aliphatic carbocycles. The van der Waals surface area contributed by atoms with Gasteiger partial charge in [0.05, 0.1) is 0 Å². The number of carbonyl (C=O) groups is 1. The van der Waals surface area contributed by atoms with Crippen molar-refractivity contribution in [2.24, 2.45) is 5.92 Å². The van der Waals surface area contributed by atoms with Crippen molar-refractivity contribution in [3.8, 4) is 0 Å². The van der Waals surface area contributed by atoms with Crippen molar-refractivity contribution in [1.82, 2.24) is 0 Å². The third kappa shape index (κ3) is 3.04. The van der Waals surface area contributed by atoms with Gasteiger partial charge in [-0.05, 0) is 11.5 Å². The molecule has 0 bridgehead atoms. The molecule has 68 valence electrons. The standard InChI is InChI=1S/C9H12O.C2H6/c1-7(2)8-5-3-4-6-9(8)10;1-2/h3-5,7H,6H2,1-2H3;1-2H3. The lowest BCUT2D eigenvalue weighted by atomic mass is 9.94. The zero-order valence-corrected chi connectivity index (χ0v) is 8.42. The second-order valence-corrected chi connectivity index (χ2v) is 2.83. The minimum absolute atomic E-state index is 0.275. The highest BCUT2D eigenvalue weighted by Crippen LogP contribution is 2.16. The molecule has 0 radical (unpaired) electrons. The van der Waals surface area contributed by atoms with Crippen LogP contribution >= 0.6 is 0 Å². The summed E-state index contributed by atoms with van der Waals surface area (Å²) in [5, 5.41) is 0. The number of rotatable bonds is 1. The van der Waals surface area contributed by atoms with E-state index in [2.05, 4.69) is 0 Å². The highest BCUT2D eigenvalue weighted by Gasteiger charge is 2.12. The van der Waals surface area contributed by atoms with Crippen LogP contribution in [0.1, 0.15) is 34.1 Å². The monoisotopic (exact) mass is 166 g/mol. The van der Waals surface area contributed by atoms with Gasteiger partial charge >= 0.3 is 0 Å². The van der Waals surface area contributed by atoms with Crippen LogP contribution in [0.15, 0.2) is 23.8 Å². The molecular weight excluding hydrogens is 148 g/mol. The molecule has 0 spiro atoms. The molecule has 0 fully saturated rings. The average molecular weight is 166 g/mol. The largest absolute Gasteiger partial charge is 0.294 e. The quantitative estimate of drug-likeness (QED) is 0.585. The molecule has 0 atom stereocenters. The summed E-state index contributed by atoms with van der Waals surface area (Å²) in [5.41, 5.74) is 0.961. The Kier molecular flexibility index (Phi) is 5.35. The molecule has 0 aromatic rings. The smallest absolute Gasteiger partial charge is 0.162 e. The van der Waals surface area contributed by atoms with Gasteiger partial charge in [0, 0.05) is 6.42 Å². The van der Waals surface area contributed by atoms with Gasteiger partial charge in [0.15, 0.2) is 5.78 Å². The topological polar surface area (TPSA) is 17.1 Å². The van der Waals surface area contributed by atoms with Crippen molar-refractivity contribution >= 4 is 5.78 Å². The van der Waals surface area contributed by atoms with Gasteiger partial charge in [-0.25, -0.2) is 0 Å². The first kappa shape index (κ1) is 11.2. The first-order chi connectivity index (χ1) is 5.72. The Hall–Kier alpha value is -0.850. The van der Waals surface area contributed by atoms with Crippen LogP contribution in [0.5, 0.6) is 0 Å². The van der Waals surface area contributed by atoms with E-state index in [1.54, 1.807) is 0 Å². The molecule has 0 heterocycles. The predicted octanol–water partition coefficient (Wildman–Crippen LogP) is 3.12. The molecule has 0 aromatic carbocycles. The Morgan fingerprint density at radius 3 is 2.25 bits per heavy atom. The van der Waals surface area contributed by atoms with Crippen LogP contribution in [0.3, 0.4) is 0 Å². The van der Waals surface area contributed by atoms with E-state index in [0.717, 1.165) is 5.57 Å². The van der Waals surface area contributed by atoms with E-state index in [1.165, 1.54) is 0 Å². The van der Waals surface area contributed by atoms with Crippen molar-refractivity contribution in [2.45, 2.75) is 34.1 Å². The van der Waals surface area contributed by atoms with E-state index in [4.69, 9.17) is 0 Å². The molecule has 0 saturated carbocycles. The lowest BCUT2D eigenvalue weighted by Crippen LogP contribution is -2.08. The molecule has 12 heavy (non-hydrogen) atoms. The zero-order chi connectivity index (χ0) is 9.56. The molecule has 0 aromatic heterocycles. The second-order valence-electron chi connectivity index (χ2n) is 2.83. The van der Waals surface area contributed by atoms with E-state index in [-0.39, 0.29) is 5.78 Å². The summed E-state index contributed by atoms with van der Waals surface area (Å²) in [6.45, 7) is 8.09. The SMILES string of the molecule is CC.CC(C)C1=CC=CCC1=O. The van der Waals surface area contributed by atoms with Gasteiger partial charge in [0.25, 0.3) is 0 Å². The van der Waals surface area contributed by atoms with Gasteiger partial charge in [-0.2, -0.15) is 0 Å². The van der Waals surface area contributed by atoms with Crippen LogP contribution in [0.2, 0.25) is 0 Å². The van der Waals surface area contributed by atoms with E-state index in [9.17, 15) is 4.79 Å². The van der Waals surface area contributed by atoms with E-state index >= 15 is 0 Å². The minimum atomic E-state index is 0.275. The number of hydrogen-bond donors (Lipinski definition) is 0. The summed E-state index contributed by atoms with van der Waals surface area (Å²) in [4.78, 5) is 11.1. The predicted molar refractivity (Wildman–Crippen MR) is 53.0 cm³/mol. The highest BCUT2D eigenvalue weighted by molar-refractivity contribution is 5.97. The Morgan fingerprint density at radius 1 is 1.33 bits per heavy atom. The number of Topliss-reactive ketones (excluding diaryl/α,β-unsaturated/α-hetero) is 1. The molecule has 1 nitrogen and oxygen atoms in total. The van der Waals surface area contributed by atoms with Crippen molar-refractivity contribution in [3.05, 3.63) is 23.8 Å². The van der Waals surface area contributed by atoms with E-state index < -0.39 is 0 Å². The molecule has 0 saturated heterocycles. The lowest BCUT2D eigenvalue weighted by molar-refractivity contribution is -0.115. The minimum Gasteiger partial charge on any atom is -0.294 e. The van der Waals surface area contributed by atoms with Crippen molar-refractivity contribution < 1.29 is 4.79 Å². The molecule has 0 N–H and O–H groups in total. The molecule has 0 unspecified atom stereocenters. The summed E-state index contributed by atoms with van der Waals surface area (Å²) in [6.07, 6.45) is 6.35. The summed E-state index contributed by atoms with van der Waals surface area (Å²) in [6, 6.07) is 0. The first-order valence-electron chi connectivity index (χ1n) is 4.61. The molecule has 1 rings (SSSR count). The van der Waals surface area contributed by atoms with E-state index in [1.807, 2.05) is 45.9 Å². The molecular formula is C11H18O. The van der Waals surface area contributed by atoms with Crippen LogP contribution < -0.4 is 0 Å². The summed E-state index contributed by atoms with van der Waals surface area (Å²) < 4.78 is 0. The van der Waals surface area contributed by atoms with Crippen LogP contribution in [0.25, 0.3) is 0 Å². The first-order valence-corrected chi connectivity index (χ1v) is 4.61. The number of ketones is 1. The maximum atomic E-state index is 11.1. The maximum absolute atomic E-state index is 11.1.